The summed E-state index contributed by atoms with van der Waals surface area (Å²) in [7, 11) is 0. The van der Waals surface area contributed by atoms with Crippen LogP contribution in [-0.2, 0) is 4.74 Å². The fourth-order valence-corrected chi connectivity index (χ4v) is 1.88. The van der Waals surface area contributed by atoms with E-state index in [2.05, 4.69) is 11.9 Å². The molecule has 2 rings (SSSR count). The molecule has 5 heteroatoms. The maximum atomic E-state index is 12.2. The minimum atomic E-state index is -0.0703. The van der Waals surface area contributed by atoms with Crippen molar-refractivity contribution in [1.82, 2.24) is 9.88 Å². The SMILES string of the molecule is CC[C@H]1CN(C(=O)c2cccc(N)n2)CCO1. The van der Waals surface area contributed by atoms with E-state index in [9.17, 15) is 4.79 Å². The Morgan fingerprint density at radius 1 is 1.65 bits per heavy atom. The predicted octanol–water partition coefficient (Wildman–Crippen LogP) is 0.915. The van der Waals surface area contributed by atoms with Crippen molar-refractivity contribution in [2.75, 3.05) is 25.4 Å². The summed E-state index contributed by atoms with van der Waals surface area (Å²) in [5.41, 5.74) is 5.98. The van der Waals surface area contributed by atoms with E-state index >= 15 is 0 Å². The first-order valence-corrected chi connectivity index (χ1v) is 5.84. The number of hydrogen-bond acceptors (Lipinski definition) is 4. The second-order valence-electron chi connectivity index (χ2n) is 4.10. The van der Waals surface area contributed by atoms with Gasteiger partial charge in [-0.2, -0.15) is 0 Å². The third-order valence-electron chi connectivity index (χ3n) is 2.87. The molecule has 0 aliphatic carbocycles. The second kappa shape index (κ2) is 5.14. The number of rotatable bonds is 2. The Morgan fingerprint density at radius 3 is 3.18 bits per heavy atom. The molecule has 0 radical (unpaired) electrons. The van der Waals surface area contributed by atoms with Crippen molar-refractivity contribution < 1.29 is 9.53 Å². The lowest BCUT2D eigenvalue weighted by molar-refractivity contribution is -0.0228. The van der Waals surface area contributed by atoms with Gasteiger partial charge in [-0.15, -0.1) is 0 Å². The molecule has 5 nitrogen and oxygen atoms in total. The molecule has 1 aliphatic rings. The van der Waals surface area contributed by atoms with Crippen molar-refractivity contribution >= 4 is 11.7 Å². The highest BCUT2D eigenvalue weighted by Crippen LogP contribution is 2.12. The van der Waals surface area contributed by atoms with Crippen LogP contribution in [0.5, 0.6) is 0 Å². The first-order valence-electron chi connectivity index (χ1n) is 5.84. The maximum absolute atomic E-state index is 12.2. The quantitative estimate of drug-likeness (QED) is 0.827. The number of nitrogens with zero attached hydrogens (tertiary/aromatic N) is 2. The van der Waals surface area contributed by atoms with Crippen LogP contribution in [0.4, 0.5) is 5.82 Å². The van der Waals surface area contributed by atoms with Gasteiger partial charge in [-0.3, -0.25) is 4.79 Å². The maximum Gasteiger partial charge on any atom is 0.272 e. The lowest BCUT2D eigenvalue weighted by Crippen LogP contribution is -2.45. The fourth-order valence-electron chi connectivity index (χ4n) is 1.88. The minimum Gasteiger partial charge on any atom is -0.384 e. The third-order valence-corrected chi connectivity index (χ3v) is 2.87. The summed E-state index contributed by atoms with van der Waals surface area (Å²) in [5.74, 6) is 0.301. The standard InChI is InChI=1S/C12H17N3O2/c1-2-9-8-15(6-7-17-9)12(16)10-4-3-5-11(13)14-10/h3-5,9H,2,6-8H2,1H3,(H2,13,14)/t9-/m0/s1. The Kier molecular flexibility index (Phi) is 3.58. The molecule has 1 aliphatic heterocycles. The summed E-state index contributed by atoms with van der Waals surface area (Å²) >= 11 is 0. The van der Waals surface area contributed by atoms with E-state index < -0.39 is 0 Å². The molecule has 1 saturated heterocycles. The summed E-state index contributed by atoms with van der Waals surface area (Å²) in [6, 6.07) is 5.10. The average Bonchev–Trinajstić information content (AvgIpc) is 2.38. The number of ether oxygens (including phenoxy) is 1. The predicted molar refractivity (Wildman–Crippen MR) is 64.6 cm³/mol. The van der Waals surface area contributed by atoms with Crippen LogP contribution in [0.3, 0.4) is 0 Å². The van der Waals surface area contributed by atoms with Crippen LogP contribution in [0.2, 0.25) is 0 Å². The molecule has 2 heterocycles. The zero-order valence-electron chi connectivity index (χ0n) is 9.93. The average molecular weight is 235 g/mol. The number of pyridine rings is 1. The number of morpholine rings is 1. The first kappa shape index (κ1) is 11.9. The van der Waals surface area contributed by atoms with Crippen LogP contribution in [0.15, 0.2) is 18.2 Å². The molecule has 0 unspecified atom stereocenters. The lowest BCUT2D eigenvalue weighted by Gasteiger charge is -2.32. The highest BCUT2D eigenvalue weighted by Gasteiger charge is 2.24. The van der Waals surface area contributed by atoms with Crippen molar-refractivity contribution in [3.63, 3.8) is 0 Å². The van der Waals surface area contributed by atoms with Crippen LogP contribution in [0.1, 0.15) is 23.8 Å². The van der Waals surface area contributed by atoms with Gasteiger partial charge in [0.25, 0.3) is 5.91 Å². The van der Waals surface area contributed by atoms with E-state index in [1.807, 2.05) is 0 Å². The van der Waals surface area contributed by atoms with Crippen molar-refractivity contribution in [3.8, 4) is 0 Å². The molecule has 0 saturated carbocycles. The number of hydrogen-bond donors (Lipinski definition) is 1. The Morgan fingerprint density at radius 2 is 2.47 bits per heavy atom. The molecular formula is C12H17N3O2. The fraction of sp³-hybridized carbons (Fsp3) is 0.500. The molecule has 1 aromatic rings. The molecule has 17 heavy (non-hydrogen) atoms. The molecule has 1 aromatic heterocycles. The third kappa shape index (κ3) is 2.74. The Bertz CT molecular complexity index is 408. The van der Waals surface area contributed by atoms with Crippen LogP contribution in [0, 0.1) is 0 Å². The number of carbonyl (C=O) groups is 1. The topological polar surface area (TPSA) is 68.5 Å². The van der Waals surface area contributed by atoms with Crippen LogP contribution < -0.4 is 5.73 Å². The van der Waals surface area contributed by atoms with Crippen LogP contribution in [-0.4, -0.2) is 41.6 Å². The zero-order chi connectivity index (χ0) is 12.3. The van der Waals surface area contributed by atoms with Crippen molar-refractivity contribution in [2.24, 2.45) is 0 Å². The van der Waals surface area contributed by atoms with E-state index in [0.29, 0.717) is 31.2 Å². The van der Waals surface area contributed by atoms with Crippen LogP contribution in [0.25, 0.3) is 0 Å². The monoisotopic (exact) mass is 235 g/mol. The van der Waals surface area contributed by atoms with Gasteiger partial charge >= 0.3 is 0 Å². The number of nitrogens with two attached hydrogens (primary N) is 1. The number of aromatic nitrogens is 1. The van der Waals surface area contributed by atoms with E-state index in [4.69, 9.17) is 10.5 Å². The highest BCUT2D eigenvalue weighted by molar-refractivity contribution is 5.92. The largest absolute Gasteiger partial charge is 0.384 e. The number of anilines is 1. The van der Waals surface area contributed by atoms with Crippen molar-refractivity contribution in [2.45, 2.75) is 19.4 Å². The summed E-state index contributed by atoms with van der Waals surface area (Å²) < 4.78 is 5.53. The van der Waals surface area contributed by atoms with E-state index in [0.717, 1.165) is 6.42 Å². The number of nitrogen functional groups attached to an aromatic ring is 1. The van der Waals surface area contributed by atoms with Crippen LogP contribution >= 0.6 is 0 Å². The second-order valence-corrected chi connectivity index (χ2v) is 4.10. The van der Waals surface area contributed by atoms with Gasteiger partial charge in [0, 0.05) is 13.1 Å². The number of amides is 1. The Balaban J connectivity index is 2.09. The van der Waals surface area contributed by atoms with E-state index in [1.54, 1.807) is 23.1 Å². The van der Waals surface area contributed by atoms with Gasteiger partial charge in [-0.25, -0.2) is 4.98 Å². The molecule has 0 bridgehead atoms. The molecule has 2 N–H and O–H groups in total. The van der Waals surface area contributed by atoms with Gasteiger partial charge in [0.05, 0.1) is 12.7 Å². The van der Waals surface area contributed by atoms with Gasteiger partial charge in [0.15, 0.2) is 0 Å². The van der Waals surface area contributed by atoms with Crippen molar-refractivity contribution in [3.05, 3.63) is 23.9 Å². The van der Waals surface area contributed by atoms with E-state index in [1.165, 1.54) is 0 Å². The molecule has 1 amide bonds. The van der Waals surface area contributed by atoms with E-state index in [-0.39, 0.29) is 12.0 Å². The Hall–Kier alpha value is -1.62. The highest BCUT2D eigenvalue weighted by atomic mass is 16.5. The first-order chi connectivity index (χ1) is 8.20. The molecule has 1 fully saturated rings. The Labute approximate surface area is 101 Å². The molecule has 92 valence electrons. The molecule has 0 spiro atoms. The summed E-state index contributed by atoms with van der Waals surface area (Å²) in [6.45, 7) is 3.89. The summed E-state index contributed by atoms with van der Waals surface area (Å²) in [5, 5.41) is 0. The summed E-state index contributed by atoms with van der Waals surface area (Å²) in [4.78, 5) is 18.0. The van der Waals surface area contributed by atoms with Gasteiger partial charge < -0.3 is 15.4 Å². The van der Waals surface area contributed by atoms with Crippen molar-refractivity contribution in [1.29, 1.82) is 0 Å². The normalized spacial score (nSPS) is 20.3. The summed E-state index contributed by atoms with van der Waals surface area (Å²) in [6.07, 6.45) is 1.04. The molecular weight excluding hydrogens is 218 g/mol. The lowest BCUT2D eigenvalue weighted by atomic mass is 10.2. The molecule has 0 aromatic carbocycles. The minimum absolute atomic E-state index is 0.0703. The smallest absolute Gasteiger partial charge is 0.272 e. The van der Waals surface area contributed by atoms with Gasteiger partial charge in [-0.05, 0) is 18.6 Å². The van der Waals surface area contributed by atoms with Gasteiger partial charge in [0.2, 0.25) is 0 Å². The number of carbonyl (C=O) groups excluding carboxylic acids is 1. The van der Waals surface area contributed by atoms with Gasteiger partial charge in [0.1, 0.15) is 11.5 Å². The van der Waals surface area contributed by atoms with Gasteiger partial charge in [-0.1, -0.05) is 13.0 Å². The zero-order valence-corrected chi connectivity index (χ0v) is 9.93. The molecule has 1 atom stereocenters.